The molecule has 0 amide bonds. The zero-order valence-electron chi connectivity index (χ0n) is 14.5. The van der Waals surface area contributed by atoms with Gasteiger partial charge < -0.3 is 9.47 Å². The summed E-state index contributed by atoms with van der Waals surface area (Å²) in [5.41, 5.74) is 7.15. The van der Waals surface area contributed by atoms with Gasteiger partial charge in [0, 0.05) is 18.6 Å². The second-order valence-corrected chi connectivity index (χ2v) is 8.21. The van der Waals surface area contributed by atoms with Gasteiger partial charge in [0.2, 0.25) is 0 Å². The maximum Gasteiger partial charge on any atom is 0.136 e. The molecule has 4 aliphatic rings. The van der Waals surface area contributed by atoms with E-state index >= 15 is 0 Å². The Bertz CT molecular complexity index is 414. The highest BCUT2D eigenvalue weighted by atomic mass is 19.1. The van der Waals surface area contributed by atoms with E-state index in [2.05, 4.69) is 16.2 Å². The van der Waals surface area contributed by atoms with Gasteiger partial charge in [0.05, 0.1) is 26.0 Å². The molecular weight excluding hydrogens is 309 g/mol. The van der Waals surface area contributed by atoms with Gasteiger partial charge in [-0.2, -0.15) is 0 Å². The summed E-state index contributed by atoms with van der Waals surface area (Å²) in [6.07, 6.45) is 7.63. The lowest BCUT2D eigenvalue weighted by atomic mass is 9.70. The Kier molecular flexibility index (Phi) is 5.69. The van der Waals surface area contributed by atoms with E-state index in [1.807, 2.05) is 0 Å². The fourth-order valence-corrected chi connectivity index (χ4v) is 5.29. The summed E-state index contributed by atoms with van der Waals surface area (Å²) in [5.74, 6) is 1.99. The SMILES string of the molecule is F[C@@H]1CNCOCC2CCCC(C2)C2NNC3CCC(CC32)OC1. The molecule has 7 atom stereocenters. The van der Waals surface area contributed by atoms with Crippen molar-refractivity contribution in [1.29, 1.82) is 0 Å². The summed E-state index contributed by atoms with van der Waals surface area (Å²) >= 11 is 0. The van der Waals surface area contributed by atoms with Gasteiger partial charge in [0.1, 0.15) is 6.17 Å². The van der Waals surface area contributed by atoms with E-state index in [1.54, 1.807) is 0 Å². The molecule has 6 unspecified atom stereocenters. The Morgan fingerprint density at radius 3 is 2.88 bits per heavy atom. The highest BCUT2D eigenvalue weighted by Gasteiger charge is 2.44. The minimum absolute atomic E-state index is 0.201. The summed E-state index contributed by atoms with van der Waals surface area (Å²) in [4.78, 5) is 0. The molecule has 2 aliphatic heterocycles. The van der Waals surface area contributed by atoms with Crippen molar-refractivity contribution in [3.05, 3.63) is 0 Å². The van der Waals surface area contributed by atoms with Crippen molar-refractivity contribution < 1.29 is 13.9 Å². The van der Waals surface area contributed by atoms with Crippen molar-refractivity contribution in [2.45, 2.75) is 69.3 Å². The van der Waals surface area contributed by atoms with E-state index in [-0.39, 0.29) is 12.7 Å². The highest BCUT2D eigenvalue weighted by Crippen LogP contribution is 2.40. The standard InChI is InChI=1S/C18H32FN3O2/c19-14-8-20-11-23-9-12-2-1-3-13(6-12)18-16-7-15(24-10-14)4-5-17(16)21-22-18/h12-18,20-22H,1-11H2/t12?,13?,14-,15?,16?,17?,18?/m1/s1. The molecule has 4 rings (SSSR count). The van der Waals surface area contributed by atoms with Crippen LogP contribution < -0.4 is 16.2 Å². The van der Waals surface area contributed by atoms with Crippen LogP contribution in [0.2, 0.25) is 0 Å². The predicted molar refractivity (Wildman–Crippen MR) is 90.1 cm³/mol. The fourth-order valence-electron chi connectivity index (χ4n) is 5.29. The number of alkyl halides is 1. The number of ether oxygens (including phenoxy) is 2. The van der Waals surface area contributed by atoms with Crippen molar-refractivity contribution in [3.8, 4) is 0 Å². The number of nitrogens with one attached hydrogen (secondary N) is 3. The normalized spacial score (nSPS) is 47.6. The Labute approximate surface area is 144 Å². The largest absolute Gasteiger partial charge is 0.375 e. The van der Waals surface area contributed by atoms with Gasteiger partial charge in [-0.1, -0.05) is 6.42 Å². The molecule has 0 radical (unpaired) electrons. The molecule has 0 aromatic rings. The number of halogens is 1. The molecule has 0 spiro atoms. The van der Waals surface area contributed by atoms with Crippen molar-refractivity contribution in [2.75, 3.05) is 26.5 Å². The molecule has 4 fully saturated rings. The summed E-state index contributed by atoms with van der Waals surface area (Å²) in [7, 11) is 0. The van der Waals surface area contributed by atoms with E-state index < -0.39 is 6.17 Å². The first-order chi connectivity index (χ1) is 11.8. The lowest BCUT2D eigenvalue weighted by Gasteiger charge is -2.38. The first-order valence-corrected chi connectivity index (χ1v) is 9.85. The van der Waals surface area contributed by atoms with Crippen LogP contribution in [0, 0.1) is 17.8 Å². The van der Waals surface area contributed by atoms with Crippen LogP contribution in [-0.4, -0.2) is 50.8 Å². The molecule has 3 N–H and O–H groups in total. The molecule has 0 aromatic carbocycles. The zero-order valence-corrected chi connectivity index (χ0v) is 14.5. The third kappa shape index (κ3) is 3.93. The first kappa shape index (κ1) is 17.2. The van der Waals surface area contributed by atoms with Crippen molar-refractivity contribution >= 4 is 0 Å². The lowest BCUT2D eigenvalue weighted by molar-refractivity contribution is -0.0185. The molecule has 138 valence electrons. The summed E-state index contributed by atoms with van der Waals surface area (Å²) in [5, 5.41) is 3.06. The van der Waals surface area contributed by atoms with E-state index in [0.29, 0.717) is 37.2 Å². The summed E-state index contributed by atoms with van der Waals surface area (Å²) in [6, 6.07) is 1.10. The third-order valence-electron chi connectivity index (χ3n) is 6.52. The van der Waals surface area contributed by atoms with Gasteiger partial charge in [0.25, 0.3) is 0 Å². The minimum atomic E-state index is -0.952. The van der Waals surface area contributed by atoms with Crippen molar-refractivity contribution in [2.24, 2.45) is 17.8 Å². The molecule has 2 heterocycles. The van der Waals surface area contributed by atoms with Crippen LogP contribution in [-0.2, 0) is 9.47 Å². The molecular formula is C18H32FN3O2. The Morgan fingerprint density at radius 2 is 1.92 bits per heavy atom. The number of hydrogen-bond donors (Lipinski definition) is 3. The van der Waals surface area contributed by atoms with Gasteiger partial charge in [-0.3, -0.25) is 16.2 Å². The second kappa shape index (κ2) is 7.96. The van der Waals surface area contributed by atoms with Gasteiger partial charge in [-0.05, 0) is 56.3 Å². The van der Waals surface area contributed by atoms with Crippen LogP contribution >= 0.6 is 0 Å². The van der Waals surface area contributed by atoms with Crippen molar-refractivity contribution in [3.63, 3.8) is 0 Å². The van der Waals surface area contributed by atoms with Gasteiger partial charge in [-0.25, -0.2) is 4.39 Å². The first-order valence-electron chi connectivity index (χ1n) is 9.85. The molecule has 2 saturated heterocycles. The minimum Gasteiger partial charge on any atom is -0.375 e. The molecule has 6 heteroatoms. The maximum atomic E-state index is 14.0. The van der Waals surface area contributed by atoms with Crippen LogP contribution in [0.4, 0.5) is 4.39 Å². The van der Waals surface area contributed by atoms with E-state index in [0.717, 1.165) is 31.8 Å². The smallest absolute Gasteiger partial charge is 0.136 e. The molecule has 5 nitrogen and oxygen atoms in total. The highest BCUT2D eigenvalue weighted by molar-refractivity contribution is 4.99. The molecule has 2 saturated carbocycles. The number of fused-ring (bicyclic) bond motifs is 4. The maximum absolute atomic E-state index is 14.0. The Morgan fingerprint density at radius 1 is 0.958 bits per heavy atom. The van der Waals surface area contributed by atoms with E-state index in [1.165, 1.54) is 25.7 Å². The average molecular weight is 341 g/mol. The molecule has 0 aromatic heterocycles. The van der Waals surface area contributed by atoms with Crippen LogP contribution in [0.5, 0.6) is 0 Å². The zero-order chi connectivity index (χ0) is 16.4. The monoisotopic (exact) mass is 341 g/mol. The van der Waals surface area contributed by atoms with Gasteiger partial charge in [-0.15, -0.1) is 0 Å². The summed E-state index contributed by atoms with van der Waals surface area (Å²) < 4.78 is 25.6. The van der Waals surface area contributed by atoms with E-state index in [4.69, 9.17) is 9.47 Å². The number of rotatable bonds is 0. The molecule has 4 bridgehead atoms. The Hall–Kier alpha value is -0.270. The quantitative estimate of drug-likeness (QED) is 0.627. The van der Waals surface area contributed by atoms with Crippen LogP contribution in [0.15, 0.2) is 0 Å². The average Bonchev–Trinajstić information content (AvgIpc) is 3.02. The second-order valence-electron chi connectivity index (χ2n) is 8.21. The van der Waals surface area contributed by atoms with Crippen LogP contribution in [0.1, 0.15) is 44.9 Å². The van der Waals surface area contributed by atoms with E-state index in [9.17, 15) is 4.39 Å². The Balaban J connectivity index is 1.46. The number of hydrazine groups is 1. The third-order valence-corrected chi connectivity index (χ3v) is 6.52. The van der Waals surface area contributed by atoms with Crippen LogP contribution in [0.25, 0.3) is 0 Å². The summed E-state index contributed by atoms with van der Waals surface area (Å²) in [6.45, 7) is 1.76. The number of hydrogen-bond acceptors (Lipinski definition) is 5. The van der Waals surface area contributed by atoms with Gasteiger partial charge in [0.15, 0.2) is 0 Å². The fraction of sp³-hybridized carbons (Fsp3) is 1.00. The van der Waals surface area contributed by atoms with Gasteiger partial charge >= 0.3 is 0 Å². The predicted octanol–water partition coefficient (Wildman–Crippen LogP) is 1.74. The van der Waals surface area contributed by atoms with Crippen LogP contribution in [0.3, 0.4) is 0 Å². The topological polar surface area (TPSA) is 54.5 Å². The lowest BCUT2D eigenvalue weighted by Crippen LogP contribution is -2.42. The molecule has 2 aliphatic carbocycles. The van der Waals surface area contributed by atoms with Crippen molar-refractivity contribution in [1.82, 2.24) is 16.2 Å². The molecule has 24 heavy (non-hydrogen) atoms.